The van der Waals surface area contributed by atoms with Crippen LogP contribution in [0.1, 0.15) is 42.9 Å². The fraction of sp³-hybridized carbons (Fsp3) is 0.458. The first-order chi connectivity index (χ1) is 14.6. The highest BCUT2D eigenvalue weighted by atomic mass is 16.7. The number of hydrogen-bond acceptors (Lipinski definition) is 5. The average molecular weight is 411 g/mol. The van der Waals surface area contributed by atoms with Gasteiger partial charge in [0, 0.05) is 26.2 Å². The number of fused-ring (bicyclic) bond motifs is 1. The van der Waals surface area contributed by atoms with Gasteiger partial charge in [0.05, 0.1) is 13.7 Å². The van der Waals surface area contributed by atoms with Crippen molar-refractivity contribution in [1.29, 1.82) is 0 Å². The third kappa shape index (κ3) is 4.24. The average Bonchev–Trinajstić information content (AvgIpc) is 3.40. The molecule has 2 aliphatic heterocycles. The Hall–Kier alpha value is -2.73. The topological polar surface area (TPSA) is 51.2 Å². The van der Waals surface area contributed by atoms with E-state index in [2.05, 4.69) is 36.1 Å². The quantitative estimate of drug-likeness (QED) is 0.695. The molecule has 0 radical (unpaired) electrons. The number of hydrogen-bond donors (Lipinski definition) is 0. The van der Waals surface area contributed by atoms with Gasteiger partial charge < -0.3 is 19.1 Å². The zero-order valence-electron chi connectivity index (χ0n) is 18.0. The molecule has 0 bridgehead atoms. The Bertz CT molecular complexity index is 883. The fourth-order valence-corrected chi connectivity index (χ4v) is 4.41. The molecule has 160 valence electrons. The van der Waals surface area contributed by atoms with E-state index >= 15 is 0 Å². The van der Waals surface area contributed by atoms with Crippen LogP contribution < -0.4 is 14.2 Å². The number of likely N-dealkylation sites (tertiary alicyclic amines) is 1. The minimum atomic E-state index is 0.168. The van der Waals surface area contributed by atoms with Crippen LogP contribution in [-0.2, 0) is 4.79 Å². The van der Waals surface area contributed by atoms with Gasteiger partial charge in [0.15, 0.2) is 11.5 Å². The van der Waals surface area contributed by atoms with Gasteiger partial charge in [-0.2, -0.15) is 0 Å². The number of nitrogens with zero attached hydrogens (tertiary/aromatic N) is 2. The normalized spacial score (nSPS) is 20.4. The molecule has 0 saturated carbocycles. The van der Waals surface area contributed by atoms with Crippen LogP contribution in [-0.4, -0.2) is 56.3 Å². The molecule has 4 rings (SSSR count). The molecule has 0 spiro atoms. The molecule has 1 fully saturated rings. The summed E-state index contributed by atoms with van der Waals surface area (Å²) in [5.74, 6) is 2.95. The SMILES string of the molecule is CCCN(C)C(=O)CN1C[C@@H](c2ccc3c(c2)OCO3)C[C@@H]1c1ccc(OC)cc1. The van der Waals surface area contributed by atoms with E-state index in [0.29, 0.717) is 12.5 Å². The Balaban J connectivity index is 1.56. The lowest BCUT2D eigenvalue weighted by Crippen LogP contribution is -2.38. The van der Waals surface area contributed by atoms with Gasteiger partial charge in [0.25, 0.3) is 0 Å². The maximum absolute atomic E-state index is 12.8. The van der Waals surface area contributed by atoms with Crippen molar-refractivity contribution >= 4 is 5.91 Å². The molecular formula is C24H30N2O4. The van der Waals surface area contributed by atoms with E-state index in [1.807, 2.05) is 30.1 Å². The number of carbonyl (C=O) groups excluding carboxylic acids is 1. The molecular weight excluding hydrogens is 380 g/mol. The van der Waals surface area contributed by atoms with Crippen molar-refractivity contribution in [2.45, 2.75) is 31.7 Å². The van der Waals surface area contributed by atoms with Crippen molar-refractivity contribution in [3.8, 4) is 17.2 Å². The maximum Gasteiger partial charge on any atom is 0.236 e. The van der Waals surface area contributed by atoms with E-state index in [1.54, 1.807) is 7.11 Å². The summed E-state index contributed by atoms with van der Waals surface area (Å²) < 4.78 is 16.3. The van der Waals surface area contributed by atoms with E-state index in [4.69, 9.17) is 14.2 Å². The van der Waals surface area contributed by atoms with Crippen LogP contribution in [0.15, 0.2) is 42.5 Å². The minimum Gasteiger partial charge on any atom is -0.497 e. The molecule has 1 saturated heterocycles. The first-order valence-electron chi connectivity index (χ1n) is 10.6. The third-order valence-electron chi connectivity index (χ3n) is 6.10. The van der Waals surface area contributed by atoms with Crippen LogP contribution in [0.5, 0.6) is 17.2 Å². The molecule has 2 aliphatic rings. The van der Waals surface area contributed by atoms with E-state index < -0.39 is 0 Å². The largest absolute Gasteiger partial charge is 0.497 e. The Morgan fingerprint density at radius 2 is 1.87 bits per heavy atom. The molecule has 30 heavy (non-hydrogen) atoms. The highest BCUT2D eigenvalue weighted by molar-refractivity contribution is 5.78. The summed E-state index contributed by atoms with van der Waals surface area (Å²) in [5.41, 5.74) is 2.44. The molecule has 1 amide bonds. The molecule has 2 atom stereocenters. The number of rotatable bonds is 7. The zero-order valence-corrected chi connectivity index (χ0v) is 18.0. The molecule has 6 nitrogen and oxygen atoms in total. The van der Waals surface area contributed by atoms with Crippen molar-refractivity contribution < 1.29 is 19.0 Å². The van der Waals surface area contributed by atoms with E-state index in [9.17, 15) is 4.79 Å². The van der Waals surface area contributed by atoms with Crippen molar-refractivity contribution in [1.82, 2.24) is 9.80 Å². The summed E-state index contributed by atoms with van der Waals surface area (Å²) in [6.07, 6.45) is 1.92. The number of likely N-dealkylation sites (N-methyl/N-ethyl adjacent to an activating group) is 1. The fourth-order valence-electron chi connectivity index (χ4n) is 4.41. The Kier molecular flexibility index (Phi) is 6.13. The molecule has 0 unspecified atom stereocenters. The van der Waals surface area contributed by atoms with Gasteiger partial charge in [-0.3, -0.25) is 9.69 Å². The van der Waals surface area contributed by atoms with Crippen LogP contribution in [0, 0.1) is 0 Å². The van der Waals surface area contributed by atoms with E-state index in [1.165, 1.54) is 11.1 Å². The first kappa shape index (κ1) is 20.5. The molecule has 0 aromatic heterocycles. The number of methoxy groups -OCH3 is 1. The van der Waals surface area contributed by atoms with Crippen molar-refractivity contribution in [2.24, 2.45) is 0 Å². The lowest BCUT2D eigenvalue weighted by atomic mass is 9.93. The van der Waals surface area contributed by atoms with E-state index in [-0.39, 0.29) is 18.7 Å². The Morgan fingerprint density at radius 1 is 1.13 bits per heavy atom. The number of carbonyl (C=O) groups is 1. The molecule has 0 aliphatic carbocycles. The summed E-state index contributed by atoms with van der Waals surface area (Å²) in [4.78, 5) is 16.9. The second-order valence-corrected chi connectivity index (χ2v) is 8.08. The van der Waals surface area contributed by atoms with Crippen LogP contribution in [0.25, 0.3) is 0 Å². The van der Waals surface area contributed by atoms with Gasteiger partial charge >= 0.3 is 0 Å². The second-order valence-electron chi connectivity index (χ2n) is 8.08. The number of amides is 1. The summed E-state index contributed by atoms with van der Waals surface area (Å²) in [7, 11) is 3.56. The van der Waals surface area contributed by atoms with Gasteiger partial charge in [-0.05, 0) is 54.2 Å². The van der Waals surface area contributed by atoms with Crippen LogP contribution in [0.4, 0.5) is 0 Å². The predicted octanol–water partition coefficient (Wildman–Crippen LogP) is 3.82. The maximum atomic E-state index is 12.8. The van der Waals surface area contributed by atoms with Crippen LogP contribution >= 0.6 is 0 Å². The molecule has 6 heteroatoms. The summed E-state index contributed by atoms with van der Waals surface area (Å²) in [6.45, 7) is 4.42. The highest BCUT2D eigenvalue weighted by Gasteiger charge is 2.36. The third-order valence-corrected chi connectivity index (χ3v) is 6.10. The van der Waals surface area contributed by atoms with Crippen LogP contribution in [0.2, 0.25) is 0 Å². The first-order valence-corrected chi connectivity index (χ1v) is 10.6. The standard InChI is InChI=1S/C24H30N2O4/c1-4-11-25(2)24(27)15-26-14-19(18-7-10-22-23(13-18)30-16-29-22)12-21(26)17-5-8-20(28-3)9-6-17/h5-10,13,19,21H,4,11-12,14-16H2,1-3H3/t19-,21+/m0/s1. The highest BCUT2D eigenvalue weighted by Crippen LogP contribution is 2.43. The lowest BCUT2D eigenvalue weighted by molar-refractivity contribution is -0.131. The van der Waals surface area contributed by atoms with Crippen LogP contribution in [0.3, 0.4) is 0 Å². The molecule has 2 aromatic rings. The van der Waals surface area contributed by atoms with E-state index in [0.717, 1.165) is 43.2 Å². The van der Waals surface area contributed by atoms with Crippen molar-refractivity contribution in [3.63, 3.8) is 0 Å². The minimum absolute atomic E-state index is 0.168. The Morgan fingerprint density at radius 3 is 2.60 bits per heavy atom. The zero-order chi connectivity index (χ0) is 21.1. The van der Waals surface area contributed by atoms with Crippen molar-refractivity contribution in [3.05, 3.63) is 53.6 Å². The summed E-state index contributed by atoms with van der Waals surface area (Å²) >= 11 is 0. The van der Waals surface area contributed by atoms with Gasteiger partial charge in [-0.25, -0.2) is 0 Å². The second kappa shape index (κ2) is 8.96. The summed E-state index contributed by atoms with van der Waals surface area (Å²) in [6, 6.07) is 14.6. The lowest BCUT2D eigenvalue weighted by Gasteiger charge is -2.26. The molecule has 2 aromatic carbocycles. The number of benzene rings is 2. The van der Waals surface area contributed by atoms with Gasteiger partial charge in [-0.15, -0.1) is 0 Å². The van der Waals surface area contributed by atoms with Gasteiger partial charge in [0.1, 0.15) is 5.75 Å². The number of ether oxygens (including phenoxy) is 3. The van der Waals surface area contributed by atoms with Gasteiger partial charge in [0.2, 0.25) is 12.7 Å². The summed E-state index contributed by atoms with van der Waals surface area (Å²) in [5, 5.41) is 0. The van der Waals surface area contributed by atoms with Crippen molar-refractivity contribution in [2.75, 3.05) is 40.6 Å². The molecule has 2 heterocycles. The Labute approximate surface area is 178 Å². The van der Waals surface area contributed by atoms with Gasteiger partial charge in [-0.1, -0.05) is 25.1 Å². The smallest absolute Gasteiger partial charge is 0.236 e. The molecule has 0 N–H and O–H groups in total. The monoisotopic (exact) mass is 410 g/mol. The predicted molar refractivity (Wildman–Crippen MR) is 115 cm³/mol.